The largest absolute Gasteiger partial charge is 0.339 e. The molecule has 1 heterocycles. The van der Waals surface area contributed by atoms with E-state index in [-0.39, 0.29) is 24.4 Å². The summed E-state index contributed by atoms with van der Waals surface area (Å²) in [6.07, 6.45) is 5.53. The number of urea groups is 1. The lowest BCUT2D eigenvalue weighted by molar-refractivity contribution is -0.140. The number of rotatable bonds is 3. The summed E-state index contributed by atoms with van der Waals surface area (Å²) in [6.45, 7) is 3.11. The lowest BCUT2D eigenvalue weighted by Gasteiger charge is -2.45. The quantitative estimate of drug-likeness (QED) is 0.795. The molecular formula is C23H35ClN4O2. The molecule has 7 heteroatoms. The third kappa shape index (κ3) is 4.92. The van der Waals surface area contributed by atoms with Gasteiger partial charge < -0.3 is 20.4 Å². The predicted molar refractivity (Wildman–Crippen MR) is 120 cm³/mol. The van der Waals surface area contributed by atoms with Crippen LogP contribution in [0.2, 0.25) is 0 Å². The number of piperazine rings is 1. The average molecular weight is 435 g/mol. The fourth-order valence-electron chi connectivity index (χ4n) is 5.53. The van der Waals surface area contributed by atoms with E-state index >= 15 is 0 Å². The average Bonchev–Trinajstić information content (AvgIpc) is 2.73. The van der Waals surface area contributed by atoms with Crippen molar-refractivity contribution in [2.75, 3.05) is 33.2 Å². The van der Waals surface area contributed by atoms with E-state index in [4.69, 9.17) is 5.73 Å². The molecule has 6 nitrogen and oxygen atoms in total. The molecule has 166 valence electrons. The highest BCUT2D eigenvalue weighted by atomic mass is 35.5. The third-order valence-corrected chi connectivity index (χ3v) is 7.21. The number of hydrogen-bond donors (Lipinski definition) is 1. The Morgan fingerprint density at radius 1 is 1.00 bits per heavy atom. The van der Waals surface area contributed by atoms with Crippen molar-refractivity contribution in [2.45, 2.75) is 44.7 Å². The van der Waals surface area contributed by atoms with E-state index in [0.717, 1.165) is 18.4 Å². The molecule has 2 atom stereocenters. The molecule has 3 amide bonds. The lowest BCUT2D eigenvalue weighted by Crippen LogP contribution is -2.56. The monoisotopic (exact) mass is 434 g/mol. The van der Waals surface area contributed by atoms with E-state index in [2.05, 4.69) is 0 Å². The molecular weight excluding hydrogens is 400 g/mol. The fraction of sp³-hybridized carbons (Fsp3) is 0.652. The van der Waals surface area contributed by atoms with Crippen LogP contribution in [0.15, 0.2) is 30.3 Å². The van der Waals surface area contributed by atoms with E-state index in [9.17, 15) is 9.59 Å². The maximum atomic E-state index is 13.1. The van der Waals surface area contributed by atoms with Gasteiger partial charge in [-0.25, -0.2) is 4.79 Å². The first-order chi connectivity index (χ1) is 14.0. The molecule has 2 unspecified atom stereocenters. The molecule has 2 N–H and O–H groups in total. The molecule has 1 aromatic rings. The first-order valence-corrected chi connectivity index (χ1v) is 11.1. The Labute approximate surface area is 186 Å². The molecule has 30 heavy (non-hydrogen) atoms. The molecule has 2 aliphatic carbocycles. The van der Waals surface area contributed by atoms with Gasteiger partial charge in [-0.05, 0) is 43.1 Å². The molecule has 1 saturated heterocycles. The smallest absolute Gasteiger partial charge is 0.320 e. The van der Waals surface area contributed by atoms with Gasteiger partial charge in [0.1, 0.15) is 0 Å². The van der Waals surface area contributed by atoms with E-state index in [0.29, 0.717) is 56.5 Å². The topological polar surface area (TPSA) is 69.9 Å². The van der Waals surface area contributed by atoms with Crippen LogP contribution in [0.1, 0.15) is 37.7 Å². The molecule has 0 radical (unpaired) electrons. The molecule has 2 saturated carbocycles. The first kappa shape index (κ1) is 22.9. The summed E-state index contributed by atoms with van der Waals surface area (Å²) in [5.41, 5.74) is 7.51. The zero-order chi connectivity index (χ0) is 20.4. The molecule has 3 fully saturated rings. The second-order valence-corrected chi connectivity index (χ2v) is 9.13. The number of fused-ring (bicyclic) bond motifs is 2. The van der Waals surface area contributed by atoms with E-state index in [1.807, 2.05) is 47.2 Å². The minimum atomic E-state index is 0. The van der Waals surface area contributed by atoms with Crippen molar-refractivity contribution < 1.29 is 9.59 Å². The summed E-state index contributed by atoms with van der Waals surface area (Å²) in [6, 6.07) is 10.4. The van der Waals surface area contributed by atoms with Crippen LogP contribution in [-0.2, 0) is 11.3 Å². The minimum absolute atomic E-state index is 0. The van der Waals surface area contributed by atoms with Crippen molar-refractivity contribution in [3.63, 3.8) is 0 Å². The normalized spacial score (nSPS) is 28.5. The molecule has 0 aromatic heterocycles. The molecule has 1 aromatic carbocycles. The summed E-state index contributed by atoms with van der Waals surface area (Å²) in [5, 5.41) is 0. The number of carbonyl (C=O) groups is 2. The predicted octanol–water partition coefficient (Wildman–Crippen LogP) is 2.96. The Bertz CT molecular complexity index is 709. The van der Waals surface area contributed by atoms with Gasteiger partial charge in [0, 0.05) is 51.7 Å². The second-order valence-electron chi connectivity index (χ2n) is 9.13. The Kier molecular flexibility index (Phi) is 7.64. The number of carbonyl (C=O) groups excluding carboxylic acids is 2. The molecule has 4 rings (SSSR count). The number of halogens is 1. The van der Waals surface area contributed by atoms with Gasteiger partial charge in [-0.2, -0.15) is 0 Å². The van der Waals surface area contributed by atoms with Crippen LogP contribution < -0.4 is 5.73 Å². The Morgan fingerprint density at radius 2 is 1.57 bits per heavy atom. The zero-order valence-electron chi connectivity index (χ0n) is 17.9. The Morgan fingerprint density at radius 3 is 2.17 bits per heavy atom. The highest BCUT2D eigenvalue weighted by Gasteiger charge is 2.42. The van der Waals surface area contributed by atoms with Crippen LogP contribution in [0.25, 0.3) is 0 Å². The summed E-state index contributed by atoms with van der Waals surface area (Å²) < 4.78 is 0. The van der Waals surface area contributed by atoms with Crippen LogP contribution >= 0.6 is 12.4 Å². The lowest BCUT2D eigenvalue weighted by atomic mass is 9.65. The molecule has 3 aliphatic rings. The Balaban J connectivity index is 0.00000256. The summed E-state index contributed by atoms with van der Waals surface area (Å²) in [4.78, 5) is 31.5. The van der Waals surface area contributed by atoms with Crippen molar-refractivity contribution in [1.29, 1.82) is 0 Å². The number of nitrogens with two attached hydrogens (primary N) is 1. The van der Waals surface area contributed by atoms with Gasteiger partial charge >= 0.3 is 6.03 Å². The van der Waals surface area contributed by atoms with Gasteiger partial charge in [-0.3, -0.25) is 4.79 Å². The SMILES string of the molecule is CN(Cc1ccccc1)C(=O)N1CCN(C(=O)C2CC3CCCC(C2)C3N)CC1.Cl. The summed E-state index contributed by atoms with van der Waals surface area (Å²) >= 11 is 0. The van der Waals surface area contributed by atoms with Crippen molar-refractivity contribution in [2.24, 2.45) is 23.5 Å². The number of nitrogens with zero attached hydrogens (tertiary/aromatic N) is 3. The second kappa shape index (κ2) is 10.0. The van der Waals surface area contributed by atoms with Crippen LogP contribution in [0.3, 0.4) is 0 Å². The van der Waals surface area contributed by atoms with Crippen LogP contribution in [0.5, 0.6) is 0 Å². The standard InChI is InChI=1S/C23H34N4O2.ClH/c1-25(16-17-6-3-2-4-7-17)23(29)27-12-10-26(11-13-27)22(28)20-14-18-8-5-9-19(15-20)21(18)24;/h2-4,6-7,18-21H,5,8-16,24H2,1H3;1H. The van der Waals surface area contributed by atoms with E-state index in [1.54, 1.807) is 4.90 Å². The van der Waals surface area contributed by atoms with Gasteiger partial charge in [0.15, 0.2) is 0 Å². The molecule has 2 bridgehead atoms. The summed E-state index contributed by atoms with van der Waals surface area (Å²) in [7, 11) is 1.84. The highest BCUT2D eigenvalue weighted by molar-refractivity contribution is 5.85. The fourth-order valence-corrected chi connectivity index (χ4v) is 5.53. The highest BCUT2D eigenvalue weighted by Crippen LogP contribution is 2.42. The van der Waals surface area contributed by atoms with Crippen LogP contribution in [0.4, 0.5) is 4.79 Å². The maximum Gasteiger partial charge on any atom is 0.320 e. The van der Waals surface area contributed by atoms with Crippen molar-refractivity contribution >= 4 is 24.3 Å². The van der Waals surface area contributed by atoms with Gasteiger partial charge in [-0.15, -0.1) is 12.4 Å². The number of amides is 3. The van der Waals surface area contributed by atoms with Crippen molar-refractivity contribution in [3.8, 4) is 0 Å². The van der Waals surface area contributed by atoms with Gasteiger partial charge in [0.05, 0.1) is 0 Å². The molecule has 1 aliphatic heterocycles. The van der Waals surface area contributed by atoms with E-state index in [1.165, 1.54) is 19.3 Å². The van der Waals surface area contributed by atoms with Gasteiger partial charge in [-0.1, -0.05) is 36.8 Å². The maximum absolute atomic E-state index is 13.1. The Hall–Kier alpha value is -1.79. The van der Waals surface area contributed by atoms with Crippen LogP contribution in [-0.4, -0.2) is 65.9 Å². The first-order valence-electron chi connectivity index (χ1n) is 11.1. The number of hydrogen-bond acceptors (Lipinski definition) is 3. The molecule has 0 spiro atoms. The van der Waals surface area contributed by atoms with E-state index < -0.39 is 0 Å². The van der Waals surface area contributed by atoms with Gasteiger partial charge in [0.25, 0.3) is 0 Å². The minimum Gasteiger partial charge on any atom is -0.339 e. The van der Waals surface area contributed by atoms with Crippen molar-refractivity contribution in [3.05, 3.63) is 35.9 Å². The summed E-state index contributed by atoms with van der Waals surface area (Å²) in [5.74, 6) is 1.46. The van der Waals surface area contributed by atoms with Crippen molar-refractivity contribution in [1.82, 2.24) is 14.7 Å². The zero-order valence-corrected chi connectivity index (χ0v) is 18.7. The third-order valence-electron chi connectivity index (χ3n) is 7.21. The number of benzene rings is 1. The van der Waals surface area contributed by atoms with Crippen LogP contribution in [0, 0.1) is 17.8 Å². The van der Waals surface area contributed by atoms with Gasteiger partial charge in [0.2, 0.25) is 5.91 Å².